The summed E-state index contributed by atoms with van der Waals surface area (Å²) in [7, 11) is 0. The molecule has 1 N–H and O–H groups in total. The lowest BCUT2D eigenvalue weighted by Crippen LogP contribution is -2.43. The van der Waals surface area contributed by atoms with Gasteiger partial charge in [0.1, 0.15) is 6.10 Å². The number of hydrogen-bond acceptors (Lipinski definition) is 3. The summed E-state index contributed by atoms with van der Waals surface area (Å²) in [4.78, 5) is 10.4. The van der Waals surface area contributed by atoms with Crippen LogP contribution in [0, 0.1) is 17.3 Å². The minimum absolute atomic E-state index is 0.0159. The van der Waals surface area contributed by atoms with E-state index < -0.39 is 0 Å². The molecule has 3 nitrogen and oxygen atoms in total. The maximum atomic E-state index is 10.4. The first-order valence-corrected chi connectivity index (χ1v) is 6.36. The smallest absolute Gasteiger partial charge is 0.293 e. The van der Waals surface area contributed by atoms with Gasteiger partial charge < -0.3 is 9.84 Å². The number of carbonyl (C=O) groups is 1. The van der Waals surface area contributed by atoms with E-state index in [0.717, 1.165) is 32.1 Å². The Balaban J connectivity index is 2.14. The van der Waals surface area contributed by atoms with Gasteiger partial charge in [-0.2, -0.15) is 0 Å². The summed E-state index contributed by atoms with van der Waals surface area (Å²) in [5.41, 5.74) is 0.167. The number of aliphatic hydroxyl groups excluding tert-OH is 1. The molecule has 2 aliphatic carbocycles. The first-order chi connectivity index (χ1) is 7.59. The molecule has 5 atom stereocenters. The fourth-order valence-electron chi connectivity index (χ4n) is 4.14. The van der Waals surface area contributed by atoms with Gasteiger partial charge in [-0.1, -0.05) is 13.3 Å². The van der Waals surface area contributed by atoms with Crippen molar-refractivity contribution in [2.24, 2.45) is 17.3 Å². The highest BCUT2D eigenvalue weighted by molar-refractivity contribution is 5.37. The van der Waals surface area contributed by atoms with E-state index in [1.54, 1.807) is 0 Å². The monoisotopic (exact) mass is 226 g/mol. The molecule has 16 heavy (non-hydrogen) atoms. The third kappa shape index (κ3) is 1.75. The number of carbonyl (C=O) groups excluding carboxylic acids is 1. The summed E-state index contributed by atoms with van der Waals surface area (Å²) in [6, 6.07) is 0. The highest BCUT2D eigenvalue weighted by atomic mass is 16.5. The predicted octanol–water partition coefficient (Wildman–Crippen LogP) is 2.13. The Kier molecular flexibility index (Phi) is 3.24. The summed E-state index contributed by atoms with van der Waals surface area (Å²) < 4.78 is 5.11. The minimum Gasteiger partial charge on any atom is -0.465 e. The van der Waals surface area contributed by atoms with E-state index in [9.17, 15) is 9.90 Å². The van der Waals surface area contributed by atoms with Crippen LogP contribution in [0.1, 0.15) is 46.0 Å². The van der Waals surface area contributed by atoms with Gasteiger partial charge in [0.15, 0.2) is 0 Å². The molecule has 0 saturated heterocycles. The van der Waals surface area contributed by atoms with Crippen molar-refractivity contribution in [3.63, 3.8) is 0 Å². The minimum atomic E-state index is -0.146. The topological polar surface area (TPSA) is 46.5 Å². The Labute approximate surface area is 97.2 Å². The molecule has 2 fully saturated rings. The fraction of sp³-hybridized carbons (Fsp3) is 0.923. The van der Waals surface area contributed by atoms with E-state index in [2.05, 4.69) is 6.92 Å². The molecule has 1 unspecified atom stereocenters. The fourth-order valence-corrected chi connectivity index (χ4v) is 4.14. The Hall–Kier alpha value is -0.570. The molecule has 0 heterocycles. The van der Waals surface area contributed by atoms with Crippen LogP contribution in [-0.2, 0) is 9.53 Å². The van der Waals surface area contributed by atoms with Crippen LogP contribution in [0.2, 0.25) is 0 Å². The van der Waals surface area contributed by atoms with Gasteiger partial charge in [-0.25, -0.2) is 0 Å². The van der Waals surface area contributed by atoms with Gasteiger partial charge in [-0.05, 0) is 43.9 Å². The Morgan fingerprint density at radius 2 is 2.19 bits per heavy atom. The van der Waals surface area contributed by atoms with Gasteiger partial charge in [0.05, 0.1) is 6.10 Å². The van der Waals surface area contributed by atoms with Crippen LogP contribution in [-0.4, -0.2) is 23.8 Å². The molecule has 0 aromatic carbocycles. The van der Waals surface area contributed by atoms with Crippen molar-refractivity contribution in [3.05, 3.63) is 0 Å². The lowest BCUT2D eigenvalue weighted by molar-refractivity contribution is -0.138. The number of ether oxygens (including phenoxy) is 1. The third-order valence-corrected chi connectivity index (χ3v) is 5.00. The van der Waals surface area contributed by atoms with E-state index in [4.69, 9.17) is 4.74 Å². The summed E-state index contributed by atoms with van der Waals surface area (Å²) in [5.74, 6) is 0.821. The van der Waals surface area contributed by atoms with Crippen molar-refractivity contribution in [1.82, 2.24) is 0 Å². The van der Waals surface area contributed by atoms with Crippen LogP contribution in [0.4, 0.5) is 0 Å². The Bertz CT molecular complexity index is 266. The molecule has 0 amide bonds. The molecule has 0 aromatic rings. The van der Waals surface area contributed by atoms with Crippen LogP contribution in [0.15, 0.2) is 0 Å². The van der Waals surface area contributed by atoms with Gasteiger partial charge in [0.2, 0.25) is 0 Å². The number of rotatable bonds is 3. The molecule has 0 spiro atoms. The van der Waals surface area contributed by atoms with Gasteiger partial charge in [-0.15, -0.1) is 0 Å². The third-order valence-electron chi connectivity index (χ3n) is 5.00. The summed E-state index contributed by atoms with van der Waals surface area (Å²) in [6.45, 7) is 4.80. The van der Waals surface area contributed by atoms with E-state index in [-0.39, 0.29) is 17.6 Å². The van der Waals surface area contributed by atoms with Crippen molar-refractivity contribution >= 4 is 6.47 Å². The second-order valence-electron chi connectivity index (χ2n) is 5.69. The van der Waals surface area contributed by atoms with Crippen LogP contribution in [0.3, 0.4) is 0 Å². The van der Waals surface area contributed by atoms with Crippen molar-refractivity contribution in [2.45, 2.75) is 58.2 Å². The van der Waals surface area contributed by atoms with Crippen molar-refractivity contribution in [3.8, 4) is 0 Å². The summed E-state index contributed by atoms with van der Waals surface area (Å²) in [6.07, 6.45) is 5.19. The van der Waals surface area contributed by atoms with Crippen molar-refractivity contribution in [1.29, 1.82) is 0 Å². The molecule has 0 bridgehead atoms. The molecular formula is C13H22O3. The van der Waals surface area contributed by atoms with Crippen molar-refractivity contribution in [2.75, 3.05) is 0 Å². The lowest BCUT2D eigenvalue weighted by Gasteiger charge is -2.44. The van der Waals surface area contributed by atoms with Gasteiger partial charge >= 0.3 is 0 Å². The number of hydrogen-bond donors (Lipinski definition) is 1. The molecule has 0 aliphatic heterocycles. The van der Waals surface area contributed by atoms with E-state index >= 15 is 0 Å². The molecule has 3 heteroatoms. The number of aliphatic hydroxyl groups is 1. The molecule has 2 aliphatic rings. The first-order valence-electron chi connectivity index (χ1n) is 6.36. The summed E-state index contributed by atoms with van der Waals surface area (Å²) in [5, 5.41) is 10.1. The van der Waals surface area contributed by atoms with E-state index in [0.29, 0.717) is 18.3 Å². The van der Waals surface area contributed by atoms with Crippen molar-refractivity contribution < 1.29 is 14.6 Å². The second-order valence-corrected chi connectivity index (χ2v) is 5.69. The van der Waals surface area contributed by atoms with Gasteiger partial charge in [0, 0.05) is 5.92 Å². The largest absolute Gasteiger partial charge is 0.465 e. The standard InChI is InChI=1S/C13H22O3/c1-9(16-8-14)10-5-6-11-12(15)4-3-7-13(10,11)2/h8-12,15H,3-7H2,1-2H3/t9-,10+,11?,12-,13+/m0/s1. The van der Waals surface area contributed by atoms with Crippen LogP contribution >= 0.6 is 0 Å². The highest BCUT2D eigenvalue weighted by Crippen LogP contribution is 2.56. The second kappa shape index (κ2) is 4.36. The Morgan fingerprint density at radius 3 is 2.88 bits per heavy atom. The number of fused-ring (bicyclic) bond motifs is 1. The SMILES string of the molecule is C[C@H](OC=O)[C@H]1CCC2[C@@H](O)CCC[C@@]21C. The quantitative estimate of drug-likeness (QED) is 0.750. The highest BCUT2D eigenvalue weighted by Gasteiger charge is 2.52. The average molecular weight is 226 g/mol. The average Bonchev–Trinajstić information content (AvgIpc) is 2.57. The zero-order valence-corrected chi connectivity index (χ0v) is 10.2. The van der Waals surface area contributed by atoms with Crippen LogP contribution in [0.25, 0.3) is 0 Å². The maximum Gasteiger partial charge on any atom is 0.293 e. The van der Waals surface area contributed by atoms with E-state index in [1.165, 1.54) is 0 Å². The molecule has 2 saturated carbocycles. The lowest BCUT2D eigenvalue weighted by atomic mass is 9.63. The molecular weight excluding hydrogens is 204 g/mol. The molecule has 0 radical (unpaired) electrons. The summed E-state index contributed by atoms with van der Waals surface area (Å²) >= 11 is 0. The zero-order valence-electron chi connectivity index (χ0n) is 10.2. The van der Waals surface area contributed by atoms with Crippen LogP contribution in [0.5, 0.6) is 0 Å². The van der Waals surface area contributed by atoms with Crippen LogP contribution < -0.4 is 0 Å². The van der Waals surface area contributed by atoms with E-state index in [1.807, 2.05) is 6.92 Å². The molecule has 0 aromatic heterocycles. The first kappa shape index (κ1) is 11.9. The van der Waals surface area contributed by atoms with Gasteiger partial charge in [0.25, 0.3) is 6.47 Å². The Morgan fingerprint density at radius 1 is 1.44 bits per heavy atom. The molecule has 2 rings (SSSR count). The maximum absolute atomic E-state index is 10.4. The predicted molar refractivity (Wildman–Crippen MR) is 60.8 cm³/mol. The molecule has 92 valence electrons. The normalized spacial score (nSPS) is 44.8. The zero-order chi connectivity index (χ0) is 11.8. The van der Waals surface area contributed by atoms with Gasteiger partial charge in [-0.3, -0.25) is 4.79 Å².